The first kappa shape index (κ1) is 31.2. The Morgan fingerprint density at radius 1 is 0.339 bits per heavy atom. The first-order chi connectivity index (χ1) is 27.8. The highest BCUT2D eigenvalue weighted by molar-refractivity contribution is 7.26. The molecule has 0 fully saturated rings. The fraction of sp³-hybridized carbons (Fsp3) is 0. The van der Waals surface area contributed by atoms with Crippen LogP contribution in [0.15, 0.2) is 182 Å². The maximum absolute atomic E-state index is 5.31. The molecule has 0 radical (unpaired) electrons. The van der Waals surface area contributed by atoms with Gasteiger partial charge in [-0.15, -0.1) is 11.3 Å². The van der Waals surface area contributed by atoms with E-state index >= 15 is 0 Å². The largest absolute Gasteiger partial charge is 0.309 e. The van der Waals surface area contributed by atoms with Gasteiger partial charge in [0.2, 0.25) is 0 Å². The Bertz CT molecular complexity index is 3510. The van der Waals surface area contributed by atoms with Gasteiger partial charge >= 0.3 is 0 Å². The summed E-state index contributed by atoms with van der Waals surface area (Å²) in [6.07, 6.45) is 0. The third kappa shape index (κ3) is 4.68. The van der Waals surface area contributed by atoms with Crippen LogP contribution in [0, 0.1) is 0 Å². The van der Waals surface area contributed by atoms with E-state index in [-0.39, 0.29) is 0 Å². The summed E-state index contributed by atoms with van der Waals surface area (Å²) in [5, 5.41) is 12.2. The van der Waals surface area contributed by atoms with Crippen LogP contribution in [0.25, 0.3) is 114 Å². The van der Waals surface area contributed by atoms with Crippen LogP contribution in [0.4, 0.5) is 0 Å². The maximum atomic E-state index is 5.31. The molecule has 0 aliphatic carbocycles. The smallest absolute Gasteiger partial charge is 0.165 e. The number of hydrogen-bond donors (Lipinski definition) is 0. The lowest BCUT2D eigenvalue weighted by Gasteiger charge is -2.13. The standard InChI is InChI=1S/C51H30N4S/c1-2-13-33(14-3-1)55-45-23-10-8-19-39(45)40-28-26-32(30-46(40)55)50-52-49(53-51(54-50)43-22-12-21-42-41-20-9-11-24-47(41)56-48(42)43)31-25-27-38-36-17-5-4-15-34(36)35-16-6-7-18-37(35)44(38)29-31/h1-30H. The Labute approximate surface area is 325 Å². The van der Waals surface area contributed by atoms with Crippen molar-refractivity contribution in [2.45, 2.75) is 0 Å². The number of hydrogen-bond acceptors (Lipinski definition) is 4. The summed E-state index contributed by atoms with van der Waals surface area (Å²) in [5.41, 5.74) is 6.27. The lowest BCUT2D eigenvalue weighted by molar-refractivity contribution is 1.08. The van der Waals surface area contributed by atoms with Crippen molar-refractivity contribution in [1.82, 2.24) is 19.5 Å². The van der Waals surface area contributed by atoms with E-state index in [1.165, 1.54) is 63.3 Å². The van der Waals surface area contributed by atoms with Crippen LogP contribution in [0.5, 0.6) is 0 Å². The molecule has 9 aromatic carbocycles. The zero-order valence-electron chi connectivity index (χ0n) is 30.0. The molecular formula is C51H30N4S. The molecule has 12 rings (SSSR count). The zero-order valence-corrected chi connectivity index (χ0v) is 30.8. The van der Waals surface area contributed by atoms with Crippen LogP contribution in [-0.2, 0) is 0 Å². The first-order valence-corrected chi connectivity index (χ1v) is 19.7. The summed E-state index contributed by atoms with van der Waals surface area (Å²) in [6, 6.07) is 64.9. The molecule has 0 aliphatic heterocycles. The molecule has 0 aliphatic rings. The fourth-order valence-corrected chi connectivity index (χ4v) is 9.90. The minimum Gasteiger partial charge on any atom is -0.309 e. The van der Waals surface area contributed by atoms with Crippen molar-refractivity contribution in [1.29, 1.82) is 0 Å². The molecule has 5 heteroatoms. The van der Waals surface area contributed by atoms with E-state index in [9.17, 15) is 0 Å². The second-order valence-corrected chi connectivity index (χ2v) is 15.4. The lowest BCUT2D eigenvalue weighted by Crippen LogP contribution is -2.01. The minimum absolute atomic E-state index is 0.637. The number of benzene rings is 9. The summed E-state index contributed by atoms with van der Waals surface area (Å²) in [4.78, 5) is 15.9. The summed E-state index contributed by atoms with van der Waals surface area (Å²) >= 11 is 1.79. The highest BCUT2D eigenvalue weighted by Gasteiger charge is 2.19. The van der Waals surface area contributed by atoms with E-state index in [2.05, 4.69) is 187 Å². The first-order valence-electron chi connectivity index (χ1n) is 18.9. The molecule has 0 spiro atoms. The molecular weight excluding hydrogens is 701 g/mol. The van der Waals surface area contributed by atoms with E-state index in [0.717, 1.165) is 33.4 Å². The van der Waals surface area contributed by atoms with Gasteiger partial charge < -0.3 is 4.57 Å². The molecule has 0 unspecified atom stereocenters. The third-order valence-electron chi connectivity index (χ3n) is 11.2. The van der Waals surface area contributed by atoms with Crippen molar-refractivity contribution in [3.8, 4) is 39.9 Å². The van der Waals surface area contributed by atoms with Gasteiger partial charge in [-0.2, -0.15) is 0 Å². The Kier molecular flexibility index (Phi) is 6.76. The predicted molar refractivity (Wildman–Crippen MR) is 236 cm³/mol. The van der Waals surface area contributed by atoms with Crippen LogP contribution < -0.4 is 0 Å². The van der Waals surface area contributed by atoms with Gasteiger partial charge in [0, 0.05) is 53.3 Å². The van der Waals surface area contributed by atoms with Crippen molar-refractivity contribution in [3.63, 3.8) is 0 Å². The minimum atomic E-state index is 0.637. The topological polar surface area (TPSA) is 43.6 Å². The molecule has 4 nitrogen and oxygen atoms in total. The van der Waals surface area contributed by atoms with E-state index in [1.54, 1.807) is 11.3 Å². The van der Waals surface area contributed by atoms with Crippen molar-refractivity contribution in [2.24, 2.45) is 0 Å². The van der Waals surface area contributed by atoms with Gasteiger partial charge in [-0.3, -0.25) is 0 Å². The average Bonchev–Trinajstić information content (AvgIpc) is 3.82. The fourth-order valence-electron chi connectivity index (χ4n) is 8.69. The molecule has 0 atom stereocenters. The molecule has 56 heavy (non-hydrogen) atoms. The van der Waals surface area contributed by atoms with Gasteiger partial charge in [0.15, 0.2) is 17.5 Å². The number of thiophene rings is 1. The molecule has 0 bridgehead atoms. The number of nitrogens with zero attached hydrogens (tertiary/aromatic N) is 4. The SMILES string of the molecule is c1ccc(-n2c3ccccc3c3ccc(-c4nc(-c5ccc6c7ccccc7c7ccccc7c6c5)nc(-c5cccc6c5sc5ccccc56)n4)cc32)cc1. The maximum Gasteiger partial charge on any atom is 0.165 e. The molecule has 0 amide bonds. The molecule has 0 saturated carbocycles. The number of aromatic nitrogens is 4. The lowest BCUT2D eigenvalue weighted by atomic mass is 9.93. The van der Waals surface area contributed by atoms with Gasteiger partial charge in [0.25, 0.3) is 0 Å². The second kappa shape index (κ2) is 12.2. The van der Waals surface area contributed by atoms with Gasteiger partial charge in [0.05, 0.1) is 11.0 Å². The summed E-state index contributed by atoms with van der Waals surface area (Å²) in [5.74, 6) is 1.94. The normalized spacial score (nSPS) is 11.9. The van der Waals surface area contributed by atoms with Crippen LogP contribution in [-0.4, -0.2) is 19.5 Å². The number of rotatable bonds is 4. The van der Waals surface area contributed by atoms with Gasteiger partial charge in [0.1, 0.15) is 0 Å². The molecule has 3 aromatic heterocycles. The van der Waals surface area contributed by atoms with Crippen LogP contribution in [0.2, 0.25) is 0 Å². The van der Waals surface area contributed by atoms with E-state index in [1.807, 2.05) is 0 Å². The third-order valence-corrected chi connectivity index (χ3v) is 12.4. The van der Waals surface area contributed by atoms with Crippen molar-refractivity contribution in [3.05, 3.63) is 182 Å². The molecule has 0 N–H and O–H groups in total. The second-order valence-electron chi connectivity index (χ2n) is 14.4. The van der Waals surface area contributed by atoms with Crippen molar-refractivity contribution in [2.75, 3.05) is 0 Å². The van der Waals surface area contributed by atoms with Crippen molar-refractivity contribution < 1.29 is 0 Å². The monoisotopic (exact) mass is 730 g/mol. The van der Waals surface area contributed by atoms with Gasteiger partial charge in [-0.05, 0) is 74.8 Å². The molecule has 3 heterocycles. The Balaban J connectivity index is 1.13. The zero-order chi connectivity index (χ0) is 36.7. The molecule has 0 saturated heterocycles. The van der Waals surface area contributed by atoms with Crippen LogP contribution >= 0.6 is 11.3 Å². The Morgan fingerprint density at radius 2 is 0.857 bits per heavy atom. The van der Waals surface area contributed by atoms with E-state index in [0.29, 0.717) is 17.5 Å². The average molecular weight is 731 g/mol. The van der Waals surface area contributed by atoms with Crippen LogP contribution in [0.1, 0.15) is 0 Å². The highest BCUT2D eigenvalue weighted by Crippen LogP contribution is 2.41. The Morgan fingerprint density at radius 3 is 1.59 bits per heavy atom. The van der Waals surface area contributed by atoms with E-state index in [4.69, 9.17) is 15.0 Å². The number of para-hydroxylation sites is 2. The van der Waals surface area contributed by atoms with Crippen molar-refractivity contribution >= 4 is 85.6 Å². The highest BCUT2D eigenvalue weighted by atomic mass is 32.1. The summed E-state index contributed by atoms with van der Waals surface area (Å²) in [7, 11) is 0. The predicted octanol–water partition coefficient (Wildman–Crippen LogP) is 13.8. The van der Waals surface area contributed by atoms with E-state index < -0.39 is 0 Å². The quantitative estimate of drug-likeness (QED) is 0.169. The van der Waals surface area contributed by atoms with Gasteiger partial charge in [-0.25, -0.2) is 15.0 Å². The Hall–Kier alpha value is -7.21. The summed E-state index contributed by atoms with van der Waals surface area (Å²) in [6.45, 7) is 0. The summed E-state index contributed by atoms with van der Waals surface area (Å²) < 4.78 is 4.76. The number of fused-ring (bicyclic) bond motifs is 12. The molecule has 12 aromatic rings. The van der Waals surface area contributed by atoms with Gasteiger partial charge in [-0.1, -0.05) is 140 Å². The molecule has 260 valence electrons. The van der Waals surface area contributed by atoms with Crippen LogP contribution in [0.3, 0.4) is 0 Å².